The molecule has 90 valence electrons. The number of benzene rings is 1. The summed E-state index contributed by atoms with van der Waals surface area (Å²) in [5, 5.41) is 3.87. The highest BCUT2D eigenvalue weighted by atomic mass is 32.1. The third-order valence-electron chi connectivity index (χ3n) is 2.30. The van der Waals surface area contributed by atoms with Crippen molar-refractivity contribution in [2.75, 3.05) is 14.2 Å². The zero-order chi connectivity index (χ0) is 12.3. The first kappa shape index (κ1) is 12.0. The van der Waals surface area contributed by atoms with Crippen LogP contribution in [0.15, 0.2) is 24.4 Å². The van der Waals surface area contributed by atoms with E-state index < -0.39 is 0 Å². The monoisotopic (exact) mass is 252 g/mol. The minimum Gasteiger partial charge on any atom is -0.494 e. The molecule has 0 fully saturated rings. The van der Waals surface area contributed by atoms with E-state index in [9.17, 15) is 4.39 Å². The van der Waals surface area contributed by atoms with Crippen LogP contribution in [0.2, 0.25) is 0 Å². The number of hydrogen-bond donors (Lipinski definition) is 1. The van der Waals surface area contributed by atoms with Gasteiger partial charge in [-0.05, 0) is 25.2 Å². The topological polar surface area (TPSA) is 34.2 Å². The molecule has 0 bridgehead atoms. The highest BCUT2D eigenvalue weighted by molar-refractivity contribution is 7.15. The molecule has 1 aromatic carbocycles. The van der Waals surface area contributed by atoms with E-state index in [2.05, 4.69) is 10.3 Å². The van der Waals surface area contributed by atoms with Gasteiger partial charge < -0.3 is 10.1 Å². The van der Waals surface area contributed by atoms with Crippen LogP contribution in [-0.2, 0) is 6.54 Å². The number of ether oxygens (including phenoxy) is 1. The second-order valence-electron chi connectivity index (χ2n) is 3.51. The lowest BCUT2D eigenvalue weighted by Gasteiger charge is -2.02. The highest BCUT2D eigenvalue weighted by Gasteiger charge is 2.08. The Balaban J connectivity index is 2.29. The Morgan fingerprint density at radius 2 is 2.29 bits per heavy atom. The number of hydrogen-bond acceptors (Lipinski definition) is 4. The summed E-state index contributed by atoms with van der Waals surface area (Å²) >= 11 is 1.55. The van der Waals surface area contributed by atoms with Crippen LogP contribution in [-0.4, -0.2) is 19.1 Å². The van der Waals surface area contributed by atoms with Gasteiger partial charge in [-0.15, -0.1) is 11.3 Å². The Morgan fingerprint density at radius 1 is 1.47 bits per heavy atom. The fraction of sp³-hybridized carbons (Fsp3) is 0.250. The summed E-state index contributed by atoms with van der Waals surface area (Å²) in [7, 11) is 3.33. The Hall–Kier alpha value is -1.46. The molecule has 0 saturated heterocycles. The van der Waals surface area contributed by atoms with Crippen LogP contribution in [0, 0.1) is 5.82 Å². The number of thiazole rings is 1. The van der Waals surface area contributed by atoms with Gasteiger partial charge in [0, 0.05) is 23.2 Å². The molecule has 3 nitrogen and oxygen atoms in total. The van der Waals surface area contributed by atoms with E-state index in [1.807, 2.05) is 13.1 Å². The van der Waals surface area contributed by atoms with Gasteiger partial charge in [-0.1, -0.05) is 0 Å². The summed E-state index contributed by atoms with van der Waals surface area (Å²) in [6.45, 7) is 0.774. The van der Waals surface area contributed by atoms with E-state index in [4.69, 9.17) is 4.74 Å². The number of halogens is 1. The van der Waals surface area contributed by atoms with Crippen LogP contribution >= 0.6 is 11.3 Å². The number of nitrogens with one attached hydrogen (secondary N) is 1. The van der Waals surface area contributed by atoms with E-state index >= 15 is 0 Å². The number of aromatic nitrogens is 1. The molecule has 0 radical (unpaired) electrons. The molecular formula is C12H13FN2OS. The normalized spacial score (nSPS) is 10.5. The van der Waals surface area contributed by atoms with Crippen molar-refractivity contribution in [3.63, 3.8) is 0 Å². The zero-order valence-electron chi connectivity index (χ0n) is 9.66. The average molecular weight is 252 g/mol. The van der Waals surface area contributed by atoms with Gasteiger partial charge in [-0.25, -0.2) is 9.37 Å². The number of nitrogens with zero attached hydrogens (tertiary/aromatic N) is 1. The largest absolute Gasteiger partial charge is 0.494 e. The molecule has 0 saturated carbocycles. The molecule has 0 aliphatic heterocycles. The summed E-state index contributed by atoms with van der Waals surface area (Å²) in [6, 6.07) is 4.87. The molecule has 0 atom stereocenters. The number of methoxy groups -OCH3 is 1. The zero-order valence-corrected chi connectivity index (χ0v) is 10.5. The maximum Gasteiger partial charge on any atom is 0.165 e. The summed E-state index contributed by atoms with van der Waals surface area (Å²) in [5.41, 5.74) is 0.774. The first-order valence-electron chi connectivity index (χ1n) is 5.18. The van der Waals surface area contributed by atoms with Crippen LogP contribution in [0.1, 0.15) is 4.88 Å². The highest BCUT2D eigenvalue weighted by Crippen LogP contribution is 2.28. The molecule has 0 aliphatic carbocycles. The molecule has 0 aliphatic rings. The fourth-order valence-electron chi connectivity index (χ4n) is 1.50. The summed E-state index contributed by atoms with van der Waals surface area (Å²) in [6.07, 6.45) is 1.80. The van der Waals surface area contributed by atoms with E-state index in [0.29, 0.717) is 0 Å². The van der Waals surface area contributed by atoms with Crippen molar-refractivity contribution >= 4 is 11.3 Å². The SMILES string of the molecule is CNCc1cnc(-c2ccc(OC)c(F)c2)s1. The molecule has 2 aromatic rings. The van der Waals surface area contributed by atoms with Crippen LogP contribution in [0.25, 0.3) is 10.6 Å². The van der Waals surface area contributed by atoms with Crippen LogP contribution in [0.3, 0.4) is 0 Å². The van der Waals surface area contributed by atoms with Crippen LogP contribution < -0.4 is 10.1 Å². The third kappa shape index (κ3) is 2.62. The maximum atomic E-state index is 13.5. The minimum atomic E-state index is -0.365. The minimum absolute atomic E-state index is 0.251. The second kappa shape index (κ2) is 5.25. The van der Waals surface area contributed by atoms with Crippen LogP contribution in [0.4, 0.5) is 4.39 Å². The number of rotatable bonds is 4. The lowest BCUT2D eigenvalue weighted by atomic mass is 10.2. The van der Waals surface area contributed by atoms with E-state index in [1.54, 1.807) is 23.6 Å². The first-order chi connectivity index (χ1) is 8.24. The molecule has 0 amide bonds. The van der Waals surface area contributed by atoms with Crippen molar-refractivity contribution in [2.45, 2.75) is 6.54 Å². The maximum absolute atomic E-state index is 13.5. The Morgan fingerprint density at radius 3 is 2.94 bits per heavy atom. The van der Waals surface area contributed by atoms with Gasteiger partial charge in [0.2, 0.25) is 0 Å². The summed E-state index contributed by atoms with van der Waals surface area (Å²) in [4.78, 5) is 5.40. The van der Waals surface area contributed by atoms with Crippen molar-refractivity contribution in [1.29, 1.82) is 0 Å². The van der Waals surface area contributed by atoms with E-state index in [0.717, 1.165) is 22.0 Å². The Labute approximate surface area is 103 Å². The smallest absolute Gasteiger partial charge is 0.165 e. The third-order valence-corrected chi connectivity index (χ3v) is 3.35. The molecule has 0 spiro atoms. The lowest BCUT2D eigenvalue weighted by molar-refractivity contribution is 0.386. The van der Waals surface area contributed by atoms with Crippen molar-refractivity contribution in [1.82, 2.24) is 10.3 Å². The van der Waals surface area contributed by atoms with Gasteiger partial charge in [0.15, 0.2) is 11.6 Å². The van der Waals surface area contributed by atoms with E-state index in [-0.39, 0.29) is 11.6 Å². The predicted molar refractivity (Wildman–Crippen MR) is 66.8 cm³/mol. The lowest BCUT2D eigenvalue weighted by Crippen LogP contribution is -2.02. The fourth-order valence-corrected chi connectivity index (χ4v) is 2.42. The second-order valence-corrected chi connectivity index (χ2v) is 4.63. The standard InChI is InChI=1S/C12H13FN2OS/c1-14-6-9-7-15-12(17-9)8-3-4-11(16-2)10(13)5-8/h3-5,7,14H,6H2,1-2H3. The average Bonchev–Trinajstić information content (AvgIpc) is 2.78. The summed E-state index contributed by atoms with van der Waals surface area (Å²) < 4.78 is 18.4. The molecule has 1 heterocycles. The van der Waals surface area contributed by atoms with Gasteiger partial charge in [0.25, 0.3) is 0 Å². The van der Waals surface area contributed by atoms with Crippen molar-refractivity contribution in [2.24, 2.45) is 0 Å². The molecule has 0 unspecified atom stereocenters. The molecule has 5 heteroatoms. The summed E-state index contributed by atoms with van der Waals surface area (Å²) in [5.74, 6) is -0.115. The predicted octanol–water partition coefficient (Wildman–Crippen LogP) is 2.68. The molecule has 2 rings (SSSR count). The molecular weight excluding hydrogens is 239 g/mol. The molecule has 1 N–H and O–H groups in total. The van der Waals surface area contributed by atoms with Gasteiger partial charge in [0.1, 0.15) is 5.01 Å². The van der Waals surface area contributed by atoms with E-state index in [1.165, 1.54) is 13.2 Å². The van der Waals surface area contributed by atoms with Gasteiger partial charge in [-0.3, -0.25) is 0 Å². The van der Waals surface area contributed by atoms with Crippen molar-refractivity contribution < 1.29 is 9.13 Å². The Bertz CT molecular complexity index is 513. The van der Waals surface area contributed by atoms with Crippen molar-refractivity contribution in [3.8, 4) is 16.3 Å². The van der Waals surface area contributed by atoms with Gasteiger partial charge >= 0.3 is 0 Å². The Kier molecular flexibility index (Phi) is 3.71. The first-order valence-corrected chi connectivity index (χ1v) is 5.99. The van der Waals surface area contributed by atoms with Gasteiger partial charge in [0.05, 0.1) is 7.11 Å². The van der Waals surface area contributed by atoms with Crippen LogP contribution in [0.5, 0.6) is 5.75 Å². The van der Waals surface area contributed by atoms with Crippen molar-refractivity contribution in [3.05, 3.63) is 35.1 Å². The van der Waals surface area contributed by atoms with Gasteiger partial charge in [-0.2, -0.15) is 0 Å². The molecule has 1 aromatic heterocycles. The quantitative estimate of drug-likeness (QED) is 0.908. The molecule has 17 heavy (non-hydrogen) atoms.